The lowest BCUT2D eigenvalue weighted by atomic mass is 10.2. The summed E-state index contributed by atoms with van der Waals surface area (Å²) in [6.45, 7) is 1.33. The number of nitrogens with two attached hydrogens (primary N) is 1. The van der Waals surface area contributed by atoms with Crippen molar-refractivity contribution in [3.05, 3.63) is 29.8 Å². The molecule has 0 aliphatic heterocycles. The summed E-state index contributed by atoms with van der Waals surface area (Å²) in [5.41, 5.74) is 5.00. The van der Waals surface area contributed by atoms with E-state index in [9.17, 15) is 18.0 Å². The Morgan fingerprint density at radius 1 is 1.33 bits per heavy atom. The van der Waals surface area contributed by atoms with Crippen LogP contribution in [0.1, 0.15) is 17.3 Å². The topological polar surface area (TPSA) is 104 Å². The molecule has 0 heterocycles. The number of primary amides is 1. The molecule has 0 radical (unpaired) electrons. The van der Waals surface area contributed by atoms with E-state index in [1.54, 1.807) is 0 Å². The first-order chi connectivity index (χ1) is 8.21. The molecular formula is C11H13NO5S. The second kappa shape index (κ2) is 5.18. The first kappa shape index (κ1) is 14.2. The van der Waals surface area contributed by atoms with Crippen LogP contribution in [0.5, 0.6) is 0 Å². The highest BCUT2D eigenvalue weighted by molar-refractivity contribution is 7.90. The summed E-state index contributed by atoms with van der Waals surface area (Å²) < 4.78 is 27.4. The van der Waals surface area contributed by atoms with E-state index in [0.717, 1.165) is 6.26 Å². The number of benzene rings is 1. The van der Waals surface area contributed by atoms with Crippen LogP contribution in [0.4, 0.5) is 0 Å². The molecule has 6 nitrogen and oxygen atoms in total. The maximum absolute atomic E-state index is 11.6. The lowest BCUT2D eigenvalue weighted by Crippen LogP contribution is -2.30. The summed E-state index contributed by atoms with van der Waals surface area (Å²) >= 11 is 0. The zero-order valence-corrected chi connectivity index (χ0v) is 10.7. The van der Waals surface area contributed by atoms with Gasteiger partial charge in [0.05, 0.1) is 10.5 Å². The zero-order valence-electron chi connectivity index (χ0n) is 9.91. The fourth-order valence-electron chi connectivity index (χ4n) is 1.14. The van der Waals surface area contributed by atoms with E-state index in [0.29, 0.717) is 0 Å². The molecule has 0 saturated heterocycles. The molecule has 1 rings (SSSR count). The third-order valence-electron chi connectivity index (χ3n) is 2.18. The van der Waals surface area contributed by atoms with Gasteiger partial charge in [-0.1, -0.05) is 6.07 Å². The van der Waals surface area contributed by atoms with Crippen LogP contribution in [0.2, 0.25) is 0 Å². The molecular weight excluding hydrogens is 258 g/mol. The van der Waals surface area contributed by atoms with Gasteiger partial charge in [-0.25, -0.2) is 13.2 Å². The Bertz CT molecular complexity index is 579. The van der Waals surface area contributed by atoms with Crippen LogP contribution in [0, 0.1) is 0 Å². The molecule has 1 aromatic rings. The molecule has 0 aromatic heterocycles. The smallest absolute Gasteiger partial charge is 0.338 e. The number of sulfone groups is 1. The molecule has 18 heavy (non-hydrogen) atoms. The predicted molar refractivity (Wildman–Crippen MR) is 63.6 cm³/mol. The van der Waals surface area contributed by atoms with Crippen LogP contribution in [0.3, 0.4) is 0 Å². The minimum absolute atomic E-state index is 0.00341. The number of hydrogen-bond donors (Lipinski definition) is 1. The molecule has 0 saturated carbocycles. The van der Waals surface area contributed by atoms with Crippen LogP contribution < -0.4 is 5.73 Å². The summed E-state index contributed by atoms with van der Waals surface area (Å²) in [7, 11) is -3.40. The van der Waals surface area contributed by atoms with E-state index < -0.39 is 27.8 Å². The highest BCUT2D eigenvalue weighted by Gasteiger charge is 2.17. The van der Waals surface area contributed by atoms with Gasteiger partial charge in [0.1, 0.15) is 0 Å². The van der Waals surface area contributed by atoms with Crippen LogP contribution in [0.15, 0.2) is 29.2 Å². The van der Waals surface area contributed by atoms with Crippen molar-refractivity contribution in [2.45, 2.75) is 17.9 Å². The van der Waals surface area contributed by atoms with Gasteiger partial charge in [0.2, 0.25) is 0 Å². The second-order valence-corrected chi connectivity index (χ2v) is 5.77. The third kappa shape index (κ3) is 3.56. The Labute approximate surface area is 105 Å². The van der Waals surface area contributed by atoms with E-state index in [4.69, 9.17) is 10.5 Å². The first-order valence-corrected chi connectivity index (χ1v) is 6.91. The average Bonchev–Trinajstić information content (AvgIpc) is 2.27. The van der Waals surface area contributed by atoms with Gasteiger partial charge in [-0.15, -0.1) is 0 Å². The first-order valence-electron chi connectivity index (χ1n) is 5.02. The number of amides is 1. The number of carbonyl (C=O) groups excluding carboxylic acids is 2. The van der Waals surface area contributed by atoms with Gasteiger partial charge in [0, 0.05) is 6.26 Å². The molecule has 7 heteroatoms. The minimum atomic E-state index is -3.40. The van der Waals surface area contributed by atoms with Gasteiger partial charge in [-0.05, 0) is 25.1 Å². The quantitative estimate of drug-likeness (QED) is 0.783. The highest BCUT2D eigenvalue weighted by atomic mass is 32.2. The second-order valence-electron chi connectivity index (χ2n) is 3.75. The Balaban J connectivity index is 2.98. The maximum atomic E-state index is 11.6. The largest absolute Gasteiger partial charge is 0.449 e. The molecule has 0 aliphatic carbocycles. The number of rotatable bonds is 4. The fourth-order valence-corrected chi connectivity index (χ4v) is 1.81. The van der Waals surface area contributed by atoms with E-state index in [2.05, 4.69) is 0 Å². The van der Waals surface area contributed by atoms with Gasteiger partial charge in [-0.3, -0.25) is 4.79 Å². The van der Waals surface area contributed by atoms with Crippen LogP contribution in [-0.2, 0) is 19.4 Å². The molecule has 1 atom stereocenters. The summed E-state index contributed by atoms with van der Waals surface area (Å²) in [5, 5.41) is 0. The lowest BCUT2D eigenvalue weighted by Gasteiger charge is -2.09. The highest BCUT2D eigenvalue weighted by Crippen LogP contribution is 2.12. The summed E-state index contributed by atoms with van der Waals surface area (Å²) in [6, 6.07) is 5.36. The van der Waals surface area contributed by atoms with Crippen molar-refractivity contribution in [1.82, 2.24) is 0 Å². The van der Waals surface area contributed by atoms with Gasteiger partial charge in [-0.2, -0.15) is 0 Å². The van der Waals surface area contributed by atoms with E-state index >= 15 is 0 Å². The molecule has 2 N–H and O–H groups in total. The molecule has 0 spiro atoms. The van der Waals surface area contributed by atoms with Crippen molar-refractivity contribution in [3.63, 3.8) is 0 Å². The minimum Gasteiger partial charge on any atom is -0.449 e. The zero-order chi connectivity index (χ0) is 13.9. The van der Waals surface area contributed by atoms with Crippen LogP contribution >= 0.6 is 0 Å². The van der Waals surface area contributed by atoms with Gasteiger partial charge < -0.3 is 10.5 Å². The third-order valence-corrected chi connectivity index (χ3v) is 3.29. The monoisotopic (exact) mass is 271 g/mol. The van der Waals surface area contributed by atoms with Crippen molar-refractivity contribution in [2.24, 2.45) is 5.73 Å². The Hall–Kier alpha value is -1.89. The standard InChI is InChI=1S/C11H13NO5S/c1-7(10(12)13)17-11(14)8-4-3-5-9(6-8)18(2,15)16/h3-7H,1-2H3,(H2,12,13)/t7-/m1/s1. The van der Waals surface area contributed by atoms with Gasteiger partial charge in [0.15, 0.2) is 15.9 Å². The number of hydrogen-bond acceptors (Lipinski definition) is 5. The molecule has 0 aliphatic rings. The summed E-state index contributed by atoms with van der Waals surface area (Å²) in [6.07, 6.45) is -0.0388. The van der Waals surface area contributed by atoms with Crippen LogP contribution in [0.25, 0.3) is 0 Å². The molecule has 1 aromatic carbocycles. The van der Waals surface area contributed by atoms with Crippen molar-refractivity contribution < 1.29 is 22.7 Å². The molecule has 98 valence electrons. The number of carbonyl (C=O) groups is 2. The van der Waals surface area contributed by atoms with E-state index in [1.165, 1.54) is 31.2 Å². The normalized spacial score (nSPS) is 12.8. The number of esters is 1. The van der Waals surface area contributed by atoms with Crippen molar-refractivity contribution in [1.29, 1.82) is 0 Å². The van der Waals surface area contributed by atoms with Crippen LogP contribution in [-0.4, -0.2) is 32.7 Å². The molecule has 0 bridgehead atoms. The van der Waals surface area contributed by atoms with Crippen molar-refractivity contribution >= 4 is 21.7 Å². The Kier molecular flexibility index (Phi) is 4.07. The lowest BCUT2D eigenvalue weighted by molar-refractivity contribution is -0.125. The molecule has 1 amide bonds. The molecule has 0 fully saturated rings. The molecule has 0 unspecified atom stereocenters. The summed E-state index contributed by atoms with van der Waals surface area (Å²) in [5.74, 6) is -1.57. The fraction of sp³-hybridized carbons (Fsp3) is 0.273. The van der Waals surface area contributed by atoms with Gasteiger partial charge in [0.25, 0.3) is 5.91 Å². The Morgan fingerprint density at radius 2 is 1.94 bits per heavy atom. The number of ether oxygens (including phenoxy) is 1. The Morgan fingerprint density at radius 3 is 2.44 bits per heavy atom. The summed E-state index contributed by atoms with van der Waals surface area (Å²) in [4.78, 5) is 22.4. The maximum Gasteiger partial charge on any atom is 0.338 e. The van der Waals surface area contributed by atoms with E-state index in [1.807, 2.05) is 0 Å². The van der Waals surface area contributed by atoms with Crippen molar-refractivity contribution in [3.8, 4) is 0 Å². The van der Waals surface area contributed by atoms with Crippen molar-refractivity contribution in [2.75, 3.05) is 6.26 Å². The average molecular weight is 271 g/mol. The van der Waals surface area contributed by atoms with Gasteiger partial charge >= 0.3 is 5.97 Å². The SMILES string of the molecule is C[C@@H](OC(=O)c1cccc(S(C)(=O)=O)c1)C(N)=O. The predicted octanol–water partition coefficient (Wildman–Crippen LogP) is 0.121. The van der Waals surface area contributed by atoms with E-state index in [-0.39, 0.29) is 10.5 Å².